The summed E-state index contributed by atoms with van der Waals surface area (Å²) in [5.74, 6) is -0.894. The Kier molecular flexibility index (Phi) is 4.67. The molecule has 0 spiro atoms. The maximum atomic E-state index is 11.5. The molecule has 1 rings (SSSR count). The molecule has 0 aliphatic rings. The fourth-order valence-corrected chi connectivity index (χ4v) is 1.09. The van der Waals surface area contributed by atoms with Gasteiger partial charge in [0.1, 0.15) is 11.6 Å². The zero-order valence-corrected chi connectivity index (χ0v) is 9.75. The first-order valence-electron chi connectivity index (χ1n) is 4.99. The lowest BCUT2D eigenvalue weighted by atomic mass is 10.2. The predicted molar refractivity (Wildman–Crippen MR) is 63.8 cm³/mol. The molecule has 0 saturated carbocycles. The van der Waals surface area contributed by atoms with Crippen LogP contribution in [0, 0.1) is 0 Å². The number of carbonyl (C=O) groups excluding carboxylic acids is 2. The first-order chi connectivity index (χ1) is 8.52. The largest absolute Gasteiger partial charge is 0.497 e. The van der Waals surface area contributed by atoms with Gasteiger partial charge in [-0.2, -0.15) is 0 Å². The van der Waals surface area contributed by atoms with Crippen LogP contribution in [0.3, 0.4) is 0 Å². The molecular formula is C11H13N3O4. The van der Waals surface area contributed by atoms with Crippen LogP contribution in [0.5, 0.6) is 5.75 Å². The van der Waals surface area contributed by atoms with Gasteiger partial charge in [-0.3, -0.25) is 4.79 Å². The highest BCUT2D eigenvalue weighted by molar-refractivity contribution is 5.98. The second-order valence-corrected chi connectivity index (χ2v) is 3.33. The van der Waals surface area contributed by atoms with E-state index in [0.717, 1.165) is 0 Å². The molecule has 4 N–H and O–H groups in total. The zero-order valence-electron chi connectivity index (χ0n) is 9.75. The van der Waals surface area contributed by atoms with E-state index in [9.17, 15) is 9.59 Å². The van der Waals surface area contributed by atoms with E-state index in [2.05, 4.69) is 9.99 Å². The Morgan fingerprint density at radius 3 is 2.33 bits per heavy atom. The summed E-state index contributed by atoms with van der Waals surface area (Å²) >= 11 is 0. The van der Waals surface area contributed by atoms with E-state index in [4.69, 9.17) is 16.2 Å². The van der Waals surface area contributed by atoms with E-state index < -0.39 is 11.9 Å². The van der Waals surface area contributed by atoms with Crippen molar-refractivity contribution in [2.75, 3.05) is 7.11 Å². The van der Waals surface area contributed by atoms with Crippen molar-refractivity contribution in [2.24, 2.45) is 16.6 Å². The third-order valence-electron chi connectivity index (χ3n) is 1.93. The minimum atomic E-state index is -0.690. The van der Waals surface area contributed by atoms with Crippen LogP contribution in [0.4, 0.5) is 0 Å². The Bertz CT molecular complexity index is 468. The van der Waals surface area contributed by atoms with Crippen molar-refractivity contribution in [1.82, 2.24) is 0 Å². The molecule has 7 nitrogen and oxygen atoms in total. The lowest BCUT2D eigenvalue weighted by Crippen LogP contribution is -2.22. The Morgan fingerprint density at radius 2 is 1.83 bits per heavy atom. The van der Waals surface area contributed by atoms with Gasteiger partial charge in [0.05, 0.1) is 19.1 Å². The van der Waals surface area contributed by atoms with E-state index in [-0.39, 0.29) is 17.8 Å². The van der Waals surface area contributed by atoms with Gasteiger partial charge in [-0.05, 0) is 24.3 Å². The smallest absolute Gasteiger partial charge is 0.365 e. The third kappa shape index (κ3) is 4.12. The number of benzene rings is 1. The van der Waals surface area contributed by atoms with E-state index in [0.29, 0.717) is 5.75 Å². The summed E-state index contributed by atoms with van der Waals surface area (Å²) in [5, 5.41) is 3.30. The van der Waals surface area contributed by atoms with Gasteiger partial charge in [-0.25, -0.2) is 4.79 Å². The number of amidine groups is 1. The molecule has 7 heteroatoms. The van der Waals surface area contributed by atoms with Gasteiger partial charge in [0.15, 0.2) is 0 Å². The molecular weight excluding hydrogens is 238 g/mol. The number of hydrogen-bond acceptors (Lipinski definition) is 5. The molecule has 18 heavy (non-hydrogen) atoms. The molecule has 0 saturated heterocycles. The number of rotatable bonds is 5. The highest BCUT2D eigenvalue weighted by atomic mass is 16.7. The molecule has 0 radical (unpaired) electrons. The minimum Gasteiger partial charge on any atom is -0.497 e. The van der Waals surface area contributed by atoms with E-state index in [1.165, 1.54) is 19.2 Å². The van der Waals surface area contributed by atoms with Crippen LogP contribution in [-0.2, 0) is 9.63 Å². The van der Waals surface area contributed by atoms with Gasteiger partial charge in [0.25, 0.3) is 0 Å². The summed E-state index contributed by atoms with van der Waals surface area (Å²) in [5.41, 5.74) is 10.5. The number of amides is 1. The summed E-state index contributed by atoms with van der Waals surface area (Å²) in [6.07, 6.45) is -0.268. The van der Waals surface area contributed by atoms with Gasteiger partial charge in [-0.1, -0.05) is 5.16 Å². The average molecular weight is 251 g/mol. The van der Waals surface area contributed by atoms with Crippen LogP contribution in [0.2, 0.25) is 0 Å². The Balaban J connectivity index is 2.62. The van der Waals surface area contributed by atoms with E-state index in [1.54, 1.807) is 12.1 Å². The molecule has 1 amide bonds. The van der Waals surface area contributed by atoms with Crippen LogP contribution >= 0.6 is 0 Å². The van der Waals surface area contributed by atoms with E-state index >= 15 is 0 Å². The summed E-state index contributed by atoms with van der Waals surface area (Å²) in [4.78, 5) is 26.5. The number of ether oxygens (including phenoxy) is 1. The van der Waals surface area contributed by atoms with Crippen molar-refractivity contribution in [3.05, 3.63) is 29.8 Å². The van der Waals surface area contributed by atoms with Crippen LogP contribution in [0.15, 0.2) is 29.4 Å². The number of nitrogens with zero attached hydrogens (tertiary/aromatic N) is 1. The van der Waals surface area contributed by atoms with Crippen molar-refractivity contribution in [2.45, 2.75) is 6.42 Å². The summed E-state index contributed by atoms with van der Waals surface area (Å²) in [6.45, 7) is 0. The maximum Gasteiger partial charge on any atom is 0.365 e. The molecule has 1 aromatic rings. The Labute approximate surface area is 103 Å². The van der Waals surface area contributed by atoms with Crippen LogP contribution in [-0.4, -0.2) is 24.8 Å². The molecule has 0 atom stereocenters. The van der Waals surface area contributed by atoms with Crippen molar-refractivity contribution in [1.29, 1.82) is 0 Å². The fourth-order valence-electron chi connectivity index (χ4n) is 1.09. The van der Waals surface area contributed by atoms with Crippen molar-refractivity contribution < 1.29 is 19.2 Å². The van der Waals surface area contributed by atoms with Gasteiger partial charge in [0, 0.05) is 0 Å². The second kappa shape index (κ2) is 6.24. The predicted octanol–water partition coefficient (Wildman–Crippen LogP) is -0.000400. The van der Waals surface area contributed by atoms with Crippen LogP contribution in [0.1, 0.15) is 16.8 Å². The topological polar surface area (TPSA) is 117 Å². The number of hydrogen-bond donors (Lipinski definition) is 2. The molecule has 0 aromatic heterocycles. The first kappa shape index (κ1) is 13.5. The molecule has 0 aliphatic carbocycles. The maximum absolute atomic E-state index is 11.5. The normalized spacial score (nSPS) is 10.8. The number of oxime groups is 1. The van der Waals surface area contributed by atoms with Gasteiger partial charge >= 0.3 is 5.97 Å². The third-order valence-corrected chi connectivity index (χ3v) is 1.93. The summed E-state index contributed by atoms with van der Waals surface area (Å²) < 4.78 is 4.94. The number of nitrogens with two attached hydrogens (primary N) is 2. The number of methoxy groups -OCH3 is 1. The quantitative estimate of drug-likeness (QED) is 0.330. The Morgan fingerprint density at radius 1 is 1.22 bits per heavy atom. The second-order valence-electron chi connectivity index (χ2n) is 3.33. The van der Waals surface area contributed by atoms with E-state index in [1.807, 2.05) is 0 Å². The molecule has 0 heterocycles. The number of primary amides is 1. The zero-order chi connectivity index (χ0) is 13.5. The molecule has 0 fully saturated rings. The lowest BCUT2D eigenvalue weighted by molar-refractivity contribution is -0.116. The standard InChI is InChI=1S/C11H13N3O4/c1-17-8-4-2-7(3-5-8)11(16)18-14-9(12)6-10(13)15/h2-5H,6H2,1H3,(H2,12,14)(H2,13,15). The van der Waals surface area contributed by atoms with Crippen molar-refractivity contribution in [3.63, 3.8) is 0 Å². The average Bonchev–Trinajstić information content (AvgIpc) is 2.35. The molecule has 96 valence electrons. The molecule has 1 aromatic carbocycles. The SMILES string of the molecule is COc1ccc(C(=O)O/N=C(/N)CC(N)=O)cc1. The summed E-state index contributed by atoms with van der Waals surface area (Å²) in [7, 11) is 1.52. The fraction of sp³-hybridized carbons (Fsp3) is 0.182. The lowest BCUT2D eigenvalue weighted by Gasteiger charge is -2.01. The monoisotopic (exact) mass is 251 g/mol. The van der Waals surface area contributed by atoms with Gasteiger partial charge < -0.3 is 21.0 Å². The number of carbonyl (C=O) groups is 2. The summed E-state index contributed by atoms with van der Waals surface area (Å²) in [6, 6.07) is 6.24. The van der Waals surface area contributed by atoms with Crippen molar-refractivity contribution >= 4 is 17.7 Å². The highest BCUT2D eigenvalue weighted by Gasteiger charge is 2.08. The Hall–Kier alpha value is -2.57. The highest BCUT2D eigenvalue weighted by Crippen LogP contribution is 2.12. The van der Waals surface area contributed by atoms with Gasteiger partial charge in [-0.15, -0.1) is 0 Å². The first-order valence-corrected chi connectivity index (χ1v) is 4.99. The molecule has 0 bridgehead atoms. The minimum absolute atomic E-state index is 0.163. The molecule has 0 unspecified atom stereocenters. The molecule has 0 aliphatic heterocycles. The van der Waals surface area contributed by atoms with Crippen LogP contribution in [0.25, 0.3) is 0 Å². The van der Waals surface area contributed by atoms with Crippen LogP contribution < -0.4 is 16.2 Å². The van der Waals surface area contributed by atoms with Crippen molar-refractivity contribution in [3.8, 4) is 5.75 Å². The van der Waals surface area contributed by atoms with Gasteiger partial charge in [0.2, 0.25) is 5.91 Å².